The first kappa shape index (κ1) is 19.0. The van der Waals surface area contributed by atoms with Crippen LogP contribution in [0, 0.1) is 5.92 Å². The molecule has 0 bridgehead atoms. The van der Waals surface area contributed by atoms with Gasteiger partial charge in [-0.1, -0.05) is 49.6 Å². The molecule has 0 heterocycles. The molecule has 0 N–H and O–H groups in total. The van der Waals surface area contributed by atoms with E-state index < -0.39 is 12.4 Å². The number of rotatable bonds is 5. The third-order valence-corrected chi connectivity index (χ3v) is 3.21. The van der Waals surface area contributed by atoms with E-state index in [1.807, 2.05) is 13.8 Å². The summed E-state index contributed by atoms with van der Waals surface area (Å²) in [6.07, 6.45) is 0.733. The Bertz CT molecular complexity index is 599. The van der Waals surface area contributed by atoms with Gasteiger partial charge in [0.2, 0.25) is 0 Å². The van der Waals surface area contributed by atoms with Crippen molar-refractivity contribution in [3.63, 3.8) is 0 Å². The number of fused-ring (bicyclic) bond motifs is 1. The van der Waals surface area contributed by atoms with E-state index in [-0.39, 0.29) is 62.5 Å². The molecule has 0 unspecified atom stereocenters. The normalized spacial score (nSPS) is 11.5. The van der Waals surface area contributed by atoms with Gasteiger partial charge in [-0.2, -0.15) is 0 Å². The fraction of sp³-hybridized carbons (Fsp3) is 0.333. The van der Waals surface area contributed by atoms with Crippen molar-refractivity contribution in [2.24, 2.45) is 5.92 Å². The van der Waals surface area contributed by atoms with Crippen LogP contribution in [0.3, 0.4) is 0 Å². The van der Waals surface area contributed by atoms with Gasteiger partial charge >= 0.3 is 58.4 Å². The SMILES string of the molecule is CC(C)CCOc1ccc2ccccc2c1[B-](F)(F)F.[K+]. The smallest absolute Gasteiger partial charge is 0.497 e. The maximum Gasteiger partial charge on any atom is 1.00 e. The Labute approximate surface area is 165 Å². The molecular weight excluding hydrogens is 303 g/mol. The van der Waals surface area contributed by atoms with Gasteiger partial charge in [-0.05, 0) is 29.2 Å². The molecule has 0 spiro atoms. The second kappa shape index (κ2) is 8.02. The predicted molar refractivity (Wildman–Crippen MR) is 77.6 cm³/mol. The standard InChI is InChI=1S/C15H17BF3O.K/c1-11(2)9-10-20-14-8-7-12-5-3-4-6-13(12)15(14)16(17,18)19;/h3-8,11H,9-10H2,1-2H3;/q-1;+1. The molecule has 0 saturated carbocycles. The van der Waals surface area contributed by atoms with Crippen LogP contribution in [0.25, 0.3) is 10.8 Å². The van der Waals surface area contributed by atoms with E-state index >= 15 is 0 Å². The van der Waals surface area contributed by atoms with Gasteiger partial charge in [-0.25, -0.2) is 0 Å². The number of hydrogen-bond donors (Lipinski definition) is 0. The average molecular weight is 320 g/mol. The summed E-state index contributed by atoms with van der Waals surface area (Å²) in [4.78, 5) is 0. The summed E-state index contributed by atoms with van der Waals surface area (Å²) in [5.41, 5.74) is -0.619. The van der Waals surface area contributed by atoms with E-state index in [0.717, 1.165) is 6.42 Å². The molecule has 0 aliphatic rings. The van der Waals surface area contributed by atoms with E-state index in [0.29, 0.717) is 17.9 Å². The zero-order valence-electron chi connectivity index (χ0n) is 12.6. The zero-order valence-corrected chi connectivity index (χ0v) is 15.7. The molecule has 1 nitrogen and oxygen atoms in total. The van der Waals surface area contributed by atoms with E-state index in [1.165, 1.54) is 12.1 Å². The van der Waals surface area contributed by atoms with Gasteiger partial charge in [0.1, 0.15) is 0 Å². The van der Waals surface area contributed by atoms with Crippen molar-refractivity contribution in [3.05, 3.63) is 36.4 Å². The molecule has 21 heavy (non-hydrogen) atoms. The quantitative estimate of drug-likeness (QED) is 0.755. The van der Waals surface area contributed by atoms with Gasteiger partial charge in [-0.15, -0.1) is 0 Å². The summed E-state index contributed by atoms with van der Waals surface area (Å²) in [5, 5.41) is 0.792. The van der Waals surface area contributed by atoms with Gasteiger partial charge in [0.05, 0.1) is 12.4 Å². The number of hydrogen-bond acceptors (Lipinski definition) is 1. The van der Waals surface area contributed by atoms with Crippen molar-refractivity contribution in [1.82, 2.24) is 0 Å². The van der Waals surface area contributed by atoms with Crippen LogP contribution in [0.4, 0.5) is 12.9 Å². The third-order valence-electron chi connectivity index (χ3n) is 3.21. The van der Waals surface area contributed by atoms with Gasteiger partial charge in [0.15, 0.2) is 0 Å². The number of halogens is 3. The molecule has 2 rings (SSSR count). The van der Waals surface area contributed by atoms with Crippen molar-refractivity contribution in [2.75, 3.05) is 6.61 Å². The zero-order chi connectivity index (χ0) is 14.8. The molecule has 0 saturated heterocycles. The molecule has 0 aliphatic heterocycles. The predicted octanol–water partition coefficient (Wildman–Crippen LogP) is 1.32. The van der Waals surface area contributed by atoms with Crippen molar-refractivity contribution in [2.45, 2.75) is 20.3 Å². The van der Waals surface area contributed by atoms with E-state index in [2.05, 4.69) is 0 Å². The van der Waals surface area contributed by atoms with Gasteiger partial charge in [0, 0.05) is 0 Å². The van der Waals surface area contributed by atoms with Crippen LogP contribution in [-0.4, -0.2) is 13.6 Å². The van der Waals surface area contributed by atoms with Gasteiger partial charge in [-0.3, -0.25) is 0 Å². The van der Waals surface area contributed by atoms with E-state index in [1.54, 1.807) is 24.3 Å². The Morgan fingerprint density at radius 3 is 2.33 bits per heavy atom. The molecule has 108 valence electrons. The fourth-order valence-electron chi connectivity index (χ4n) is 2.14. The molecule has 2 aromatic rings. The Balaban J connectivity index is 0.00000220. The van der Waals surface area contributed by atoms with Crippen molar-refractivity contribution in [1.29, 1.82) is 0 Å². The molecule has 6 heteroatoms. The Kier molecular flexibility index (Phi) is 7.27. The Morgan fingerprint density at radius 1 is 1.05 bits per heavy atom. The summed E-state index contributed by atoms with van der Waals surface area (Å²) in [6, 6.07) is 9.62. The summed E-state index contributed by atoms with van der Waals surface area (Å²) in [5.74, 6) is 0.340. The van der Waals surface area contributed by atoms with Crippen LogP contribution in [0.1, 0.15) is 20.3 Å². The van der Waals surface area contributed by atoms with Crippen LogP contribution in [0.5, 0.6) is 5.75 Å². The first-order chi connectivity index (χ1) is 9.39. The minimum atomic E-state index is -5.11. The van der Waals surface area contributed by atoms with Crippen molar-refractivity contribution < 1.29 is 69.1 Å². The fourth-order valence-corrected chi connectivity index (χ4v) is 2.14. The van der Waals surface area contributed by atoms with Crippen molar-refractivity contribution >= 4 is 23.2 Å². The molecule has 0 atom stereocenters. The molecule has 0 fully saturated rings. The second-order valence-corrected chi connectivity index (χ2v) is 5.30. The van der Waals surface area contributed by atoms with Crippen LogP contribution in [-0.2, 0) is 0 Å². The summed E-state index contributed by atoms with van der Waals surface area (Å²) in [7, 11) is 0. The molecule has 0 radical (unpaired) electrons. The van der Waals surface area contributed by atoms with E-state index in [9.17, 15) is 12.9 Å². The first-order valence-electron chi connectivity index (χ1n) is 6.74. The minimum Gasteiger partial charge on any atom is -0.497 e. The maximum absolute atomic E-state index is 13.3. The minimum absolute atomic E-state index is 0. The molecule has 2 aromatic carbocycles. The van der Waals surface area contributed by atoms with Crippen LogP contribution in [0.2, 0.25) is 0 Å². The Morgan fingerprint density at radius 2 is 1.71 bits per heavy atom. The van der Waals surface area contributed by atoms with Crippen LogP contribution < -0.4 is 61.6 Å². The van der Waals surface area contributed by atoms with Crippen LogP contribution >= 0.6 is 0 Å². The molecule has 0 amide bonds. The number of benzene rings is 2. The largest absolute Gasteiger partial charge is 1.00 e. The molecule has 0 aliphatic carbocycles. The van der Waals surface area contributed by atoms with E-state index in [4.69, 9.17) is 4.74 Å². The summed E-state index contributed by atoms with van der Waals surface area (Å²) < 4.78 is 45.4. The van der Waals surface area contributed by atoms with Gasteiger partial charge < -0.3 is 17.7 Å². The average Bonchev–Trinajstić information content (AvgIpc) is 2.36. The molecular formula is C15H17BF3KO. The number of ether oxygens (including phenoxy) is 1. The topological polar surface area (TPSA) is 9.23 Å². The monoisotopic (exact) mass is 320 g/mol. The summed E-state index contributed by atoms with van der Waals surface area (Å²) >= 11 is 0. The molecule has 0 aromatic heterocycles. The van der Waals surface area contributed by atoms with Crippen LogP contribution in [0.15, 0.2) is 36.4 Å². The Hall–Kier alpha value is -0.00870. The van der Waals surface area contributed by atoms with Crippen molar-refractivity contribution in [3.8, 4) is 5.75 Å². The van der Waals surface area contributed by atoms with Gasteiger partial charge in [0.25, 0.3) is 0 Å². The second-order valence-electron chi connectivity index (χ2n) is 5.30. The first-order valence-corrected chi connectivity index (χ1v) is 6.74. The summed E-state index contributed by atoms with van der Waals surface area (Å²) in [6.45, 7) is -0.782. The maximum atomic E-state index is 13.3. The third kappa shape index (κ3) is 5.00.